The van der Waals surface area contributed by atoms with Gasteiger partial charge in [0.1, 0.15) is 0 Å². The zero-order chi connectivity index (χ0) is 11.4. The topological polar surface area (TPSA) is 59.0 Å². The number of hydrogen-bond acceptors (Lipinski definition) is 3. The first kappa shape index (κ1) is 11.7. The van der Waals surface area contributed by atoms with E-state index in [1.54, 1.807) is 10.9 Å². The molecule has 0 saturated carbocycles. The highest BCUT2D eigenvalue weighted by Crippen LogP contribution is 2.10. The Morgan fingerprint density at radius 3 is 2.73 bits per heavy atom. The van der Waals surface area contributed by atoms with Crippen molar-refractivity contribution in [1.29, 1.82) is 0 Å². The summed E-state index contributed by atoms with van der Waals surface area (Å²) >= 11 is 0. The van der Waals surface area contributed by atoms with Crippen LogP contribution in [0.15, 0.2) is 6.20 Å². The molecule has 0 fully saturated rings. The van der Waals surface area contributed by atoms with Gasteiger partial charge in [-0.1, -0.05) is 13.8 Å². The number of nitrogens with one attached hydrogen (secondary N) is 2. The van der Waals surface area contributed by atoms with Crippen LogP contribution in [-0.2, 0) is 11.8 Å². The third-order valence-corrected chi connectivity index (χ3v) is 1.96. The highest BCUT2D eigenvalue weighted by Gasteiger charge is 2.07. The van der Waals surface area contributed by atoms with Crippen molar-refractivity contribution in [3.63, 3.8) is 0 Å². The van der Waals surface area contributed by atoms with Crippen molar-refractivity contribution in [2.75, 3.05) is 11.9 Å². The van der Waals surface area contributed by atoms with Crippen LogP contribution in [0.5, 0.6) is 0 Å². The monoisotopic (exact) mass is 210 g/mol. The summed E-state index contributed by atoms with van der Waals surface area (Å²) in [6.07, 6.45) is 1.79. The van der Waals surface area contributed by atoms with E-state index in [9.17, 15) is 4.79 Å². The number of carbonyl (C=O) groups excluding carboxylic acids is 1. The number of rotatable bonds is 4. The van der Waals surface area contributed by atoms with Crippen molar-refractivity contribution in [3.8, 4) is 0 Å². The Kier molecular flexibility index (Phi) is 3.85. The van der Waals surface area contributed by atoms with E-state index in [4.69, 9.17) is 0 Å². The lowest BCUT2D eigenvalue weighted by Crippen LogP contribution is -2.32. The molecule has 0 saturated heterocycles. The van der Waals surface area contributed by atoms with E-state index in [-0.39, 0.29) is 5.91 Å². The molecule has 0 aliphatic heterocycles. The van der Waals surface area contributed by atoms with Gasteiger partial charge < -0.3 is 10.6 Å². The predicted molar refractivity (Wildman–Crippen MR) is 59.7 cm³/mol. The second kappa shape index (κ2) is 4.93. The van der Waals surface area contributed by atoms with Crippen LogP contribution < -0.4 is 10.6 Å². The van der Waals surface area contributed by atoms with Crippen molar-refractivity contribution in [1.82, 2.24) is 15.1 Å². The summed E-state index contributed by atoms with van der Waals surface area (Å²) in [5.74, 6) is -0.0419. The number of anilines is 1. The molecule has 84 valence electrons. The summed E-state index contributed by atoms with van der Waals surface area (Å²) in [6.45, 7) is 6.20. The normalized spacial score (nSPS) is 10.7. The molecule has 5 heteroatoms. The average Bonchev–Trinajstić information content (AvgIpc) is 2.42. The van der Waals surface area contributed by atoms with Gasteiger partial charge >= 0.3 is 0 Å². The highest BCUT2D eigenvalue weighted by atomic mass is 16.1. The maximum atomic E-state index is 11.5. The molecule has 0 radical (unpaired) electrons. The second-order valence-electron chi connectivity index (χ2n) is 3.89. The van der Waals surface area contributed by atoms with E-state index >= 15 is 0 Å². The number of carbonyl (C=O) groups is 1. The quantitative estimate of drug-likeness (QED) is 0.767. The van der Waals surface area contributed by atoms with E-state index in [2.05, 4.69) is 15.7 Å². The van der Waals surface area contributed by atoms with E-state index in [1.807, 2.05) is 27.8 Å². The van der Waals surface area contributed by atoms with Gasteiger partial charge in [-0.05, 0) is 6.92 Å². The van der Waals surface area contributed by atoms with Crippen LogP contribution in [0.2, 0.25) is 0 Å². The lowest BCUT2D eigenvalue weighted by atomic mass is 10.3. The molecule has 1 heterocycles. The summed E-state index contributed by atoms with van der Waals surface area (Å²) in [5.41, 5.74) is 1.60. The molecule has 1 rings (SSSR count). The predicted octanol–water partition coefficient (Wildman–Crippen LogP) is 0.665. The summed E-state index contributed by atoms with van der Waals surface area (Å²) in [6, 6.07) is 0.311. The van der Waals surface area contributed by atoms with Gasteiger partial charge in [0.15, 0.2) is 0 Å². The largest absolute Gasteiger partial charge is 0.322 e. The standard InChI is InChI=1S/C10H18N4O/c1-7(2)11-5-10(15)12-9-6-14(4)13-8(9)3/h6-7,11H,5H2,1-4H3,(H,12,15). The molecular formula is C10H18N4O. The zero-order valence-electron chi connectivity index (χ0n) is 9.66. The van der Waals surface area contributed by atoms with Crippen LogP contribution in [0.1, 0.15) is 19.5 Å². The van der Waals surface area contributed by atoms with Gasteiger partial charge in [0.2, 0.25) is 5.91 Å². The fourth-order valence-corrected chi connectivity index (χ4v) is 1.21. The van der Waals surface area contributed by atoms with Crippen molar-refractivity contribution in [2.24, 2.45) is 7.05 Å². The fraction of sp³-hybridized carbons (Fsp3) is 0.600. The molecule has 1 aromatic heterocycles. The van der Waals surface area contributed by atoms with E-state index in [0.29, 0.717) is 12.6 Å². The molecule has 0 unspecified atom stereocenters. The Labute approximate surface area is 89.9 Å². The molecule has 1 aromatic rings. The van der Waals surface area contributed by atoms with Crippen LogP contribution in [0, 0.1) is 6.92 Å². The minimum Gasteiger partial charge on any atom is -0.322 e. The van der Waals surface area contributed by atoms with Gasteiger partial charge in [0, 0.05) is 19.3 Å². The van der Waals surface area contributed by atoms with E-state index in [0.717, 1.165) is 11.4 Å². The molecule has 2 N–H and O–H groups in total. The maximum Gasteiger partial charge on any atom is 0.238 e. The van der Waals surface area contributed by atoms with Gasteiger partial charge in [0.05, 0.1) is 17.9 Å². The molecule has 0 aliphatic carbocycles. The summed E-state index contributed by atoms with van der Waals surface area (Å²) in [7, 11) is 1.83. The first-order valence-corrected chi connectivity index (χ1v) is 5.02. The minimum absolute atomic E-state index is 0.0419. The molecule has 0 aromatic carbocycles. The van der Waals surface area contributed by atoms with E-state index < -0.39 is 0 Å². The molecular weight excluding hydrogens is 192 g/mol. The number of amides is 1. The van der Waals surface area contributed by atoms with Gasteiger partial charge in [-0.2, -0.15) is 5.10 Å². The van der Waals surface area contributed by atoms with Crippen LogP contribution >= 0.6 is 0 Å². The van der Waals surface area contributed by atoms with Gasteiger partial charge in [-0.25, -0.2) is 0 Å². The van der Waals surface area contributed by atoms with Crippen LogP contribution in [0.25, 0.3) is 0 Å². The lowest BCUT2D eigenvalue weighted by Gasteiger charge is -2.07. The molecule has 0 bridgehead atoms. The lowest BCUT2D eigenvalue weighted by molar-refractivity contribution is -0.115. The highest BCUT2D eigenvalue weighted by molar-refractivity contribution is 5.92. The van der Waals surface area contributed by atoms with Crippen molar-refractivity contribution >= 4 is 11.6 Å². The molecule has 0 spiro atoms. The van der Waals surface area contributed by atoms with Gasteiger partial charge in [-0.15, -0.1) is 0 Å². The molecule has 0 aliphatic rings. The Bertz CT molecular complexity index is 343. The maximum absolute atomic E-state index is 11.5. The summed E-state index contributed by atoms with van der Waals surface area (Å²) in [4.78, 5) is 11.5. The first-order valence-electron chi connectivity index (χ1n) is 5.02. The van der Waals surface area contributed by atoms with Crippen LogP contribution in [-0.4, -0.2) is 28.3 Å². The SMILES string of the molecule is Cc1nn(C)cc1NC(=O)CNC(C)C. The Balaban J connectivity index is 2.48. The third kappa shape index (κ3) is 3.71. The van der Waals surface area contributed by atoms with E-state index in [1.165, 1.54) is 0 Å². The van der Waals surface area contributed by atoms with Crippen molar-refractivity contribution < 1.29 is 4.79 Å². The Morgan fingerprint density at radius 1 is 1.60 bits per heavy atom. The minimum atomic E-state index is -0.0419. The number of aryl methyl sites for hydroxylation is 2. The molecule has 15 heavy (non-hydrogen) atoms. The smallest absolute Gasteiger partial charge is 0.238 e. The van der Waals surface area contributed by atoms with Crippen LogP contribution in [0.4, 0.5) is 5.69 Å². The number of nitrogens with zero attached hydrogens (tertiary/aromatic N) is 2. The second-order valence-corrected chi connectivity index (χ2v) is 3.89. The third-order valence-electron chi connectivity index (χ3n) is 1.96. The Morgan fingerprint density at radius 2 is 2.27 bits per heavy atom. The van der Waals surface area contributed by atoms with Gasteiger partial charge in [0.25, 0.3) is 0 Å². The van der Waals surface area contributed by atoms with Gasteiger partial charge in [-0.3, -0.25) is 9.48 Å². The number of hydrogen-bond donors (Lipinski definition) is 2. The zero-order valence-corrected chi connectivity index (χ0v) is 9.66. The molecule has 1 amide bonds. The summed E-state index contributed by atoms with van der Waals surface area (Å²) < 4.78 is 1.68. The van der Waals surface area contributed by atoms with Crippen molar-refractivity contribution in [2.45, 2.75) is 26.8 Å². The Hall–Kier alpha value is -1.36. The molecule has 0 atom stereocenters. The van der Waals surface area contributed by atoms with Crippen molar-refractivity contribution in [3.05, 3.63) is 11.9 Å². The average molecular weight is 210 g/mol. The fourth-order valence-electron chi connectivity index (χ4n) is 1.21. The van der Waals surface area contributed by atoms with Crippen LogP contribution in [0.3, 0.4) is 0 Å². The number of aromatic nitrogens is 2. The molecule has 5 nitrogen and oxygen atoms in total. The summed E-state index contributed by atoms with van der Waals surface area (Å²) in [5, 5.41) is 10.00. The first-order chi connectivity index (χ1) is 6.99.